The second-order valence-electron chi connectivity index (χ2n) is 6.91. The average molecular weight is 389 g/mol. The summed E-state index contributed by atoms with van der Waals surface area (Å²) in [6.45, 7) is 3.22. The van der Waals surface area contributed by atoms with Crippen molar-refractivity contribution in [1.82, 2.24) is 15.5 Å². The van der Waals surface area contributed by atoms with E-state index >= 15 is 0 Å². The molecule has 5 nitrogen and oxygen atoms in total. The molecule has 0 saturated carbocycles. The van der Waals surface area contributed by atoms with Gasteiger partial charge in [-0.25, -0.2) is 4.39 Å². The zero-order chi connectivity index (χ0) is 18.8. The topological polar surface area (TPSA) is 47.6 Å². The molecule has 2 saturated heterocycles. The average Bonchev–Trinajstić information content (AvgIpc) is 2.69. The summed E-state index contributed by atoms with van der Waals surface area (Å²) < 4.78 is 13.1. The molecule has 0 aliphatic carbocycles. The predicted molar refractivity (Wildman–Crippen MR) is 104 cm³/mol. The third kappa shape index (κ3) is 4.08. The zero-order valence-electron chi connectivity index (χ0n) is 14.9. The molecule has 2 unspecified atom stereocenters. The molecule has 0 bridgehead atoms. The smallest absolute Gasteiger partial charge is 0.224 e. The van der Waals surface area contributed by atoms with Crippen molar-refractivity contribution in [2.75, 3.05) is 31.1 Å². The molecule has 0 radical (unpaired) electrons. The van der Waals surface area contributed by atoms with Crippen molar-refractivity contribution in [2.45, 2.75) is 18.8 Å². The van der Waals surface area contributed by atoms with Crippen LogP contribution in [0.4, 0.5) is 10.1 Å². The summed E-state index contributed by atoms with van der Waals surface area (Å²) in [6.07, 6.45) is 0.151. The lowest BCUT2D eigenvalue weighted by Gasteiger charge is -2.43. The Labute approximate surface area is 163 Å². The van der Waals surface area contributed by atoms with E-state index in [0.29, 0.717) is 11.4 Å². The van der Waals surface area contributed by atoms with Crippen molar-refractivity contribution < 1.29 is 9.18 Å². The van der Waals surface area contributed by atoms with Crippen LogP contribution in [-0.2, 0) is 4.79 Å². The molecule has 27 heavy (non-hydrogen) atoms. The van der Waals surface area contributed by atoms with Gasteiger partial charge in [0.05, 0.1) is 0 Å². The Bertz CT molecular complexity index is 808. The van der Waals surface area contributed by atoms with Crippen LogP contribution < -0.4 is 15.5 Å². The van der Waals surface area contributed by atoms with Gasteiger partial charge in [0.25, 0.3) is 0 Å². The van der Waals surface area contributed by atoms with Crippen LogP contribution in [0.1, 0.15) is 18.0 Å². The minimum absolute atomic E-state index is 0.0182. The van der Waals surface area contributed by atoms with Crippen LogP contribution in [-0.4, -0.2) is 43.3 Å². The van der Waals surface area contributed by atoms with E-state index < -0.39 is 0 Å². The van der Waals surface area contributed by atoms with Crippen LogP contribution in [0.5, 0.6) is 0 Å². The van der Waals surface area contributed by atoms with Gasteiger partial charge in [0, 0.05) is 49.4 Å². The second-order valence-corrected chi connectivity index (χ2v) is 7.32. The summed E-state index contributed by atoms with van der Waals surface area (Å²) in [4.78, 5) is 16.7. The molecule has 0 aromatic heterocycles. The van der Waals surface area contributed by atoms with E-state index in [9.17, 15) is 9.18 Å². The fourth-order valence-electron chi connectivity index (χ4n) is 3.73. The maximum atomic E-state index is 13.1. The van der Waals surface area contributed by atoms with Gasteiger partial charge >= 0.3 is 0 Å². The summed E-state index contributed by atoms with van der Waals surface area (Å²) in [7, 11) is 0. The van der Waals surface area contributed by atoms with Gasteiger partial charge in [-0.05, 0) is 35.9 Å². The van der Waals surface area contributed by atoms with Crippen molar-refractivity contribution in [3.05, 3.63) is 64.9 Å². The third-order valence-electron chi connectivity index (χ3n) is 5.20. The quantitative estimate of drug-likeness (QED) is 0.848. The molecule has 2 aliphatic heterocycles. The molecular formula is C20H22ClFN4O. The molecule has 2 N–H and O–H groups in total. The highest BCUT2D eigenvalue weighted by Gasteiger charge is 2.32. The molecule has 0 spiro atoms. The standard InChI is InChI=1S/C20H22ClFN4O/c21-17-4-2-1-3-16(17)18-13-19(27)24-20(23-18)26-11-9-25(10-12-26)15-7-5-14(22)6-8-15/h1-8,18,20,23H,9-13H2,(H,24,27). The highest BCUT2D eigenvalue weighted by Crippen LogP contribution is 2.27. The molecule has 142 valence electrons. The Balaban J connectivity index is 1.41. The zero-order valence-corrected chi connectivity index (χ0v) is 15.6. The third-order valence-corrected chi connectivity index (χ3v) is 5.54. The van der Waals surface area contributed by atoms with Crippen molar-refractivity contribution in [1.29, 1.82) is 0 Å². The minimum atomic E-state index is -0.225. The maximum absolute atomic E-state index is 13.1. The monoisotopic (exact) mass is 388 g/mol. The summed E-state index contributed by atoms with van der Waals surface area (Å²) in [6, 6.07) is 14.1. The van der Waals surface area contributed by atoms with Crippen molar-refractivity contribution in [2.24, 2.45) is 0 Å². The highest BCUT2D eigenvalue weighted by atomic mass is 35.5. The number of hydrogen-bond donors (Lipinski definition) is 2. The van der Waals surface area contributed by atoms with Gasteiger partial charge in [-0.2, -0.15) is 0 Å². The number of benzene rings is 2. The Morgan fingerprint density at radius 3 is 2.41 bits per heavy atom. The summed E-state index contributed by atoms with van der Waals surface area (Å²) in [5.41, 5.74) is 1.97. The van der Waals surface area contributed by atoms with Crippen molar-refractivity contribution in [3.8, 4) is 0 Å². The number of piperazine rings is 1. The maximum Gasteiger partial charge on any atom is 0.224 e. The molecule has 2 aromatic carbocycles. The van der Waals surface area contributed by atoms with Crippen LogP contribution >= 0.6 is 11.6 Å². The first-order chi connectivity index (χ1) is 13.1. The van der Waals surface area contributed by atoms with Gasteiger partial charge in [0.1, 0.15) is 12.1 Å². The lowest BCUT2D eigenvalue weighted by molar-refractivity contribution is -0.127. The molecule has 2 aliphatic rings. The van der Waals surface area contributed by atoms with Gasteiger partial charge < -0.3 is 10.2 Å². The summed E-state index contributed by atoms with van der Waals surface area (Å²) in [5.74, 6) is -0.207. The Morgan fingerprint density at radius 1 is 1.00 bits per heavy atom. The number of nitrogens with one attached hydrogen (secondary N) is 2. The first-order valence-corrected chi connectivity index (χ1v) is 9.52. The van der Waals surface area contributed by atoms with Crippen molar-refractivity contribution >= 4 is 23.2 Å². The van der Waals surface area contributed by atoms with E-state index in [1.165, 1.54) is 12.1 Å². The first-order valence-electron chi connectivity index (χ1n) is 9.14. The van der Waals surface area contributed by atoms with E-state index in [-0.39, 0.29) is 24.1 Å². The Morgan fingerprint density at radius 2 is 1.70 bits per heavy atom. The molecule has 2 fully saturated rings. The highest BCUT2D eigenvalue weighted by molar-refractivity contribution is 6.31. The number of anilines is 1. The van der Waals surface area contributed by atoms with Crippen LogP contribution in [0.15, 0.2) is 48.5 Å². The van der Waals surface area contributed by atoms with Crippen LogP contribution in [0, 0.1) is 5.82 Å². The molecule has 7 heteroatoms. The summed E-state index contributed by atoms with van der Waals surface area (Å²) in [5, 5.41) is 7.22. The van der Waals surface area contributed by atoms with Gasteiger partial charge in [-0.15, -0.1) is 0 Å². The first kappa shape index (κ1) is 18.2. The normalized spacial score (nSPS) is 23.9. The Kier molecular flexibility index (Phi) is 5.29. The van der Waals surface area contributed by atoms with Gasteiger partial charge in [-0.1, -0.05) is 29.8 Å². The predicted octanol–water partition coefficient (Wildman–Crippen LogP) is 2.74. The number of halogens is 2. The molecular weight excluding hydrogens is 367 g/mol. The van der Waals surface area contributed by atoms with Crippen LogP contribution in [0.25, 0.3) is 0 Å². The van der Waals surface area contributed by atoms with Crippen molar-refractivity contribution in [3.63, 3.8) is 0 Å². The number of hydrogen-bond acceptors (Lipinski definition) is 4. The lowest BCUT2D eigenvalue weighted by Crippen LogP contribution is -2.64. The SMILES string of the molecule is O=C1CC(c2ccccc2Cl)NC(N2CCN(c3ccc(F)cc3)CC2)N1. The van der Waals surface area contributed by atoms with E-state index in [1.807, 2.05) is 24.3 Å². The fourth-order valence-corrected chi connectivity index (χ4v) is 4.00. The number of carbonyl (C=O) groups is 1. The Hall–Kier alpha value is -2.15. The van der Waals surface area contributed by atoms with E-state index in [4.69, 9.17) is 11.6 Å². The summed E-state index contributed by atoms with van der Waals surface area (Å²) >= 11 is 6.32. The number of rotatable bonds is 3. The minimum Gasteiger partial charge on any atom is -0.369 e. The van der Waals surface area contributed by atoms with Crippen LogP contribution in [0.2, 0.25) is 5.02 Å². The molecule has 4 rings (SSSR count). The van der Waals surface area contributed by atoms with Gasteiger partial charge in [-0.3, -0.25) is 15.0 Å². The molecule has 2 aromatic rings. The molecule has 2 heterocycles. The number of nitrogens with zero attached hydrogens (tertiary/aromatic N) is 2. The number of amides is 1. The fraction of sp³-hybridized carbons (Fsp3) is 0.350. The van der Waals surface area contributed by atoms with E-state index in [1.54, 1.807) is 12.1 Å². The lowest BCUT2D eigenvalue weighted by atomic mass is 10.0. The van der Waals surface area contributed by atoms with E-state index in [0.717, 1.165) is 37.4 Å². The van der Waals surface area contributed by atoms with E-state index in [2.05, 4.69) is 20.4 Å². The number of carbonyl (C=O) groups excluding carboxylic acids is 1. The van der Waals surface area contributed by atoms with Gasteiger partial charge in [0.15, 0.2) is 0 Å². The second kappa shape index (κ2) is 7.84. The van der Waals surface area contributed by atoms with Gasteiger partial charge in [0.2, 0.25) is 5.91 Å². The molecule has 1 amide bonds. The van der Waals surface area contributed by atoms with Crippen LogP contribution in [0.3, 0.4) is 0 Å². The molecule has 2 atom stereocenters. The largest absolute Gasteiger partial charge is 0.369 e.